The van der Waals surface area contributed by atoms with Gasteiger partial charge in [-0.15, -0.1) is 0 Å². The number of imidazole rings is 1. The zero-order chi connectivity index (χ0) is 23.4. The summed E-state index contributed by atoms with van der Waals surface area (Å²) in [5.74, 6) is -0.419. The van der Waals surface area contributed by atoms with E-state index in [9.17, 15) is 14.7 Å². The second-order valence-electron chi connectivity index (χ2n) is 7.75. The number of nitrogens with one attached hydrogen (secondary N) is 1. The Bertz CT molecular complexity index is 1330. The molecule has 4 aromatic rings. The number of aromatic hydroxyl groups is 1. The molecule has 0 aliphatic heterocycles. The average molecular weight is 447 g/mol. The Balaban J connectivity index is 1.68. The van der Waals surface area contributed by atoms with Gasteiger partial charge in [0.2, 0.25) is 0 Å². The van der Waals surface area contributed by atoms with Gasteiger partial charge in [0.15, 0.2) is 5.75 Å². The molecule has 170 valence electrons. The van der Waals surface area contributed by atoms with E-state index in [0.717, 1.165) is 11.1 Å². The number of aryl methyl sites for hydroxylation is 1. The van der Waals surface area contributed by atoms with Crippen molar-refractivity contribution in [3.8, 4) is 5.75 Å². The third kappa shape index (κ3) is 4.78. The van der Waals surface area contributed by atoms with E-state index < -0.39 is 17.2 Å². The highest BCUT2D eigenvalue weighted by molar-refractivity contribution is 6.01. The first kappa shape index (κ1) is 22.2. The van der Waals surface area contributed by atoms with E-state index in [4.69, 9.17) is 4.74 Å². The van der Waals surface area contributed by atoms with Crippen LogP contribution in [0.2, 0.25) is 0 Å². The first-order chi connectivity index (χ1) is 16.0. The number of H-pyrrole nitrogens is 1. The Labute approximate surface area is 190 Å². The monoisotopic (exact) mass is 447 g/mol. The predicted molar refractivity (Wildman–Crippen MR) is 123 cm³/mol. The fourth-order valence-electron chi connectivity index (χ4n) is 3.66. The van der Waals surface area contributed by atoms with E-state index in [1.54, 1.807) is 29.2 Å². The first-order valence-corrected chi connectivity index (χ1v) is 10.5. The van der Waals surface area contributed by atoms with Gasteiger partial charge in [-0.3, -0.25) is 14.6 Å². The molecule has 3 aromatic heterocycles. The lowest BCUT2D eigenvalue weighted by molar-refractivity contribution is 0.0669. The van der Waals surface area contributed by atoms with Crippen molar-refractivity contribution in [3.05, 3.63) is 87.9 Å². The average Bonchev–Trinajstić information content (AvgIpc) is 3.21. The van der Waals surface area contributed by atoms with Crippen LogP contribution in [0.25, 0.3) is 11.0 Å². The minimum absolute atomic E-state index is 0.159. The lowest BCUT2D eigenvalue weighted by Gasteiger charge is -2.22. The second kappa shape index (κ2) is 9.66. The van der Waals surface area contributed by atoms with Crippen molar-refractivity contribution < 1.29 is 14.6 Å². The van der Waals surface area contributed by atoms with E-state index in [1.807, 2.05) is 37.4 Å². The highest BCUT2D eigenvalue weighted by atomic mass is 16.5. The summed E-state index contributed by atoms with van der Waals surface area (Å²) in [6.45, 7) is 0.651. The Hall–Kier alpha value is -3.98. The van der Waals surface area contributed by atoms with E-state index in [-0.39, 0.29) is 30.8 Å². The molecule has 0 radical (unpaired) electrons. The van der Waals surface area contributed by atoms with Crippen molar-refractivity contribution in [2.45, 2.75) is 13.0 Å². The molecular weight excluding hydrogens is 422 g/mol. The summed E-state index contributed by atoms with van der Waals surface area (Å²) in [6, 6.07) is 11.6. The molecule has 2 N–H and O–H groups in total. The fourth-order valence-corrected chi connectivity index (χ4v) is 3.66. The highest BCUT2D eigenvalue weighted by Crippen LogP contribution is 2.25. The Morgan fingerprint density at radius 3 is 2.70 bits per heavy atom. The molecule has 1 aromatic carbocycles. The summed E-state index contributed by atoms with van der Waals surface area (Å²) in [7, 11) is 3.35. The van der Waals surface area contributed by atoms with Gasteiger partial charge in [-0.05, 0) is 23.6 Å². The largest absolute Gasteiger partial charge is 0.505 e. The van der Waals surface area contributed by atoms with Crippen LogP contribution in [0.4, 0.5) is 0 Å². The minimum atomic E-state index is -0.675. The van der Waals surface area contributed by atoms with Gasteiger partial charge in [0, 0.05) is 39.3 Å². The number of amides is 1. The van der Waals surface area contributed by atoms with Crippen LogP contribution in [0.5, 0.6) is 5.75 Å². The molecule has 9 nitrogen and oxygen atoms in total. The standard InChI is InChI=1S/C24H25N5O4/c1-28-9-8-25-19(28)15-29(10-11-33-2)24(32)20-22(30)21-18(27-23(20)31)13-17(14-26-21)12-16-6-4-3-5-7-16/h3-9,13-14H,10-12,15H2,1-2H3,(H2,27,30,31). The maximum atomic E-state index is 13.3. The maximum absolute atomic E-state index is 13.3. The van der Waals surface area contributed by atoms with Gasteiger partial charge in [-0.1, -0.05) is 30.3 Å². The Kier molecular flexibility index (Phi) is 6.50. The molecule has 0 aliphatic rings. The first-order valence-electron chi connectivity index (χ1n) is 10.5. The molecule has 3 heterocycles. The van der Waals surface area contributed by atoms with Crippen LogP contribution in [0, 0.1) is 0 Å². The van der Waals surface area contributed by atoms with Gasteiger partial charge < -0.3 is 24.3 Å². The van der Waals surface area contributed by atoms with Gasteiger partial charge in [0.05, 0.1) is 18.7 Å². The number of ether oxygens (including phenoxy) is 1. The molecule has 1 amide bonds. The van der Waals surface area contributed by atoms with Gasteiger partial charge in [0.1, 0.15) is 16.9 Å². The van der Waals surface area contributed by atoms with Crippen LogP contribution in [0.15, 0.2) is 59.8 Å². The zero-order valence-electron chi connectivity index (χ0n) is 18.5. The van der Waals surface area contributed by atoms with Crippen molar-refractivity contribution in [1.29, 1.82) is 0 Å². The highest BCUT2D eigenvalue weighted by Gasteiger charge is 2.26. The number of fused-ring (bicyclic) bond motifs is 1. The smallest absolute Gasteiger partial charge is 0.265 e. The van der Waals surface area contributed by atoms with E-state index in [1.165, 1.54) is 12.0 Å². The number of pyridine rings is 2. The summed E-state index contributed by atoms with van der Waals surface area (Å²) in [5, 5.41) is 10.9. The van der Waals surface area contributed by atoms with Crippen molar-refractivity contribution in [2.75, 3.05) is 20.3 Å². The second-order valence-corrected chi connectivity index (χ2v) is 7.75. The number of hydrogen-bond acceptors (Lipinski definition) is 6. The number of aromatic amines is 1. The number of benzene rings is 1. The summed E-state index contributed by atoms with van der Waals surface area (Å²) in [6.07, 6.45) is 5.66. The third-order valence-corrected chi connectivity index (χ3v) is 5.45. The SMILES string of the molecule is COCCN(Cc1nccn1C)C(=O)c1c(O)c2ncc(Cc3ccccc3)cc2[nH]c1=O. The molecule has 0 spiro atoms. The summed E-state index contributed by atoms with van der Waals surface area (Å²) in [4.78, 5) is 38.9. The molecule has 0 atom stereocenters. The number of nitrogens with zero attached hydrogens (tertiary/aromatic N) is 4. The number of carbonyl (C=O) groups is 1. The van der Waals surface area contributed by atoms with Crippen LogP contribution in [0.3, 0.4) is 0 Å². The van der Waals surface area contributed by atoms with Crippen LogP contribution in [-0.4, -0.2) is 55.7 Å². The van der Waals surface area contributed by atoms with Crippen molar-refractivity contribution in [1.82, 2.24) is 24.4 Å². The van der Waals surface area contributed by atoms with E-state index in [2.05, 4.69) is 15.0 Å². The quantitative estimate of drug-likeness (QED) is 0.428. The Morgan fingerprint density at radius 2 is 2.00 bits per heavy atom. The zero-order valence-corrected chi connectivity index (χ0v) is 18.5. The summed E-state index contributed by atoms with van der Waals surface area (Å²) in [5.41, 5.74) is 1.48. The molecule has 0 aliphatic carbocycles. The van der Waals surface area contributed by atoms with Gasteiger partial charge in [0.25, 0.3) is 11.5 Å². The lowest BCUT2D eigenvalue weighted by Crippen LogP contribution is -2.37. The Morgan fingerprint density at radius 1 is 1.21 bits per heavy atom. The number of aromatic nitrogens is 4. The van der Waals surface area contributed by atoms with Crippen molar-refractivity contribution in [2.24, 2.45) is 7.05 Å². The topological polar surface area (TPSA) is 113 Å². The number of hydrogen-bond donors (Lipinski definition) is 2. The molecular formula is C24H25N5O4. The van der Waals surface area contributed by atoms with Crippen LogP contribution in [0.1, 0.15) is 27.3 Å². The fraction of sp³-hybridized carbons (Fsp3) is 0.250. The molecule has 9 heteroatoms. The van der Waals surface area contributed by atoms with Crippen molar-refractivity contribution >= 4 is 16.9 Å². The van der Waals surface area contributed by atoms with Crippen LogP contribution >= 0.6 is 0 Å². The van der Waals surface area contributed by atoms with Gasteiger partial charge in [-0.25, -0.2) is 4.98 Å². The normalized spacial score (nSPS) is 11.1. The molecule has 33 heavy (non-hydrogen) atoms. The lowest BCUT2D eigenvalue weighted by atomic mass is 10.1. The maximum Gasteiger partial charge on any atom is 0.265 e. The van der Waals surface area contributed by atoms with Crippen LogP contribution < -0.4 is 5.56 Å². The molecule has 4 rings (SSSR count). The van der Waals surface area contributed by atoms with Gasteiger partial charge in [-0.2, -0.15) is 0 Å². The third-order valence-electron chi connectivity index (χ3n) is 5.45. The molecule has 0 fully saturated rings. The number of carbonyl (C=O) groups excluding carboxylic acids is 1. The number of methoxy groups -OCH3 is 1. The predicted octanol–water partition coefficient (Wildman–Crippen LogP) is 2.24. The van der Waals surface area contributed by atoms with E-state index in [0.29, 0.717) is 17.8 Å². The van der Waals surface area contributed by atoms with E-state index >= 15 is 0 Å². The summed E-state index contributed by atoms with van der Waals surface area (Å²) < 4.78 is 6.90. The summed E-state index contributed by atoms with van der Waals surface area (Å²) >= 11 is 0. The molecule has 0 bridgehead atoms. The minimum Gasteiger partial charge on any atom is -0.505 e. The van der Waals surface area contributed by atoms with Crippen LogP contribution in [-0.2, 0) is 24.8 Å². The number of rotatable bonds is 8. The van der Waals surface area contributed by atoms with Gasteiger partial charge >= 0.3 is 0 Å². The molecule has 0 saturated heterocycles. The molecule has 0 saturated carbocycles. The van der Waals surface area contributed by atoms with Crippen molar-refractivity contribution in [3.63, 3.8) is 0 Å². The molecule has 0 unspecified atom stereocenters.